The summed E-state index contributed by atoms with van der Waals surface area (Å²) in [6.45, 7) is 0.938. The topological polar surface area (TPSA) is 87.4 Å². The Balaban J connectivity index is 1.42. The third-order valence-electron chi connectivity index (χ3n) is 6.34. The van der Waals surface area contributed by atoms with Crippen molar-refractivity contribution in [1.82, 2.24) is 14.9 Å². The van der Waals surface area contributed by atoms with Crippen LogP contribution >= 0.6 is 0 Å². The molecule has 1 aliphatic carbocycles. The number of aromatic nitrogens is 2. The van der Waals surface area contributed by atoms with Crippen molar-refractivity contribution < 1.29 is 26.7 Å². The number of hydrogen-bond acceptors (Lipinski definition) is 6. The van der Waals surface area contributed by atoms with E-state index in [1.54, 1.807) is 9.80 Å². The van der Waals surface area contributed by atoms with Gasteiger partial charge in [0.25, 0.3) is 0 Å². The number of primary amides is 1. The number of likely N-dealkylation sites (tertiary alicyclic amines) is 1. The summed E-state index contributed by atoms with van der Waals surface area (Å²) in [5.74, 6) is -1.59. The molecule has 35 heavy (non-hydrogen) atoms. The Bertz CT molecular complexity index is 1030. The molecule has 4 rings (SSSR count). The highest BCUT2D eigenvalue weighted by atomic mass is 19.4. The second kappa shape index (κ2) is 10.3. The molecule has 1 saturated carbocycles. The van der Waals surface area contributed by atoms with Gasteiger partial charge >= 0.3 is 6.18 Å². The third kappa shape index (κ3) is 6.36. The summed E-state index contributed by atoms with van der Waals surface area (Å²) in [6, 6.07) is 4.79. The minimum atomic E-state index is -4.43. The Kier molecular flexibility index (Phi) is 7.39. The predicted octanol–water partition coefficient (Wildman–Crippen LogP) is 3.36. The van der Waals surface area contributed by atoms with Crippen LogP contribution in [0.25, 0.3) is 0 Å². The number of halogens is 5. The summed E-state index contributed by atoms with van der Waals surface area (Å²) in [7, 11) is 0. The van der Waals surface area contributed by atoms with Crippen LogP contribution in [-0.4, -0.2) is 59.2 Å². The molecule has 190 valence electrons. The number of anilines is 2. The summed E-state index contributed by atoms with van der Waals surface area (Å²) in [4.78, 5) is 22.5. The largest absolute Gasteiger partial charge is 0.416 e. The quantitative estimate of drug-likeness (QED) is 0.516. The van der Waals surface area contributed by atoms with Gasteiger partial charge in [0, 0.05) is 31.6 Å². The average Bonchev–Trinajstić information content (AvgIpc) is 3.63. The van der Waals surface area contributed by atoms with Crippen molar-refractivity contribution in [2.75, 3.05) is 36.4 Å². The molecule has 0 radical (unpaired) electrons. The number of piperidine rings is 1. The van der Waals surface area contributed by atoms with Gasteiger partial charge in [-0.25, -0.2) is 14.4 Å². The lowest BCUT2D eigenvalue weighted by Crippen LogP contribution is -2.46. The van der Waals surface area contributed by atoms with Crippen LogP contribution in [0.3, 0.4) is 0 Å². The minimum absolute atomic E-state index is 0.000397. The Morgan fingerprint density at radius 2 is 1.89 bits per heavy atom. The van der Waals surface area contributed by atoms with Crippen LogP contribution in [0.5, 0.6) is 0 Å². The SMILES string of the molecule is NC(=O)CN1CC[C@@H](CNc2ncnc(N(Cc3ccc(C(F)(F)F)cc3)C3CC3)c2F)[C@H](F)C1. The molecule has 3 N–H and O–H groups in total. The van der Waals surface area contributed by atoms with E-state index in [2.05, 4.69) is 15.3 Å². The molecular weight excluding hydrogens is 471 g/mol. The second-order valence-corrected chi connectivity index (χ2v) is 9.06. The molecule has 0 unspecified atom stereocenters. The molecule has 2 heterocycles. The van der Waals surface area contributed by atoms with Crippen LogP contribution in [-0.2, 0) is 17.5 Å². The van der Waals surface area contributed by atoms with Crippen molar-refractivity contribution in [2.24, 2.45) is 11.7 Å². The summed E-state index contributed by atoms with van der Waals surface area (Å²) in [5.41, 5.74) is 5.02. The number of rotatable bonds is 9. The van der Waals surface area contributed by atoms with Crippen LogP contribution in [0.1, 0.15) is 30.4 Å². The molecule has 2 fully saturated rings. The molecule has 2 aliphatic rings. The van der Waals surface area contributed by atoms with E-state index in [1.807, 2.05) is 0 Å². The lowest BCUT2D eigenvalue weighted by atomic mass is 9.95. The van der Waals surface area contributed by atoms with E-state index in [4.69, 9.17) is 5.73 Å². The van der Waals surface area contributed by atoms with Crippen molar-refractivity contribution in [1.29, 1.82) is 0 Å². The highest BCUT2D eigenvalue weighted by molar-refractivity contribution is 5.75. The van der Waals surface area contributed by atoms with E-state index in [-0.39, 0.29) is 49.8 Å². The first-order valence-electron chi connectivity index (χ1n) is 11.4. The fraction of sp³-hybridized carbons (Fsp3) is 0.522. The smallest absolute Gasteiger partial charge is 0.369 e. The Morgan fingerprint density at radius 3 is 2.49 bits per heavy atom. The van der Waals surface area contributed by atoms with Crippen molar-refractivity contribution >= 4 is 17.5 Å². The van der Waals surface area contributed by atoms with Crippen LogP contribution in [0.15, 0.2) is 30.6 Å². The van der Waals surface area contributed by atoms with Crippen molar-refractivity contribution in [3.63, 3.8) is 0 Å². The number of nitrogens with zero attached hydrogens (tertiary/aromatic N) is 4. The number of carbonyl (C=O) groups is 1. The molecule has 1 aliphatic heterocycles. The number of hydrogen-bond donors (Lipinski definition) is 2. The molecule has 12 heteroatoms. The Morgan fingerprint density at radius 1 is 1.17 bits per heavy atom. The maximum absolute atomic E-state index is 15.4. The van der Waals surface area contributed by atoms with E-state index < -0.39 is 29.6 Å². The van der Waals surface area contributed by atoms with E-state index in [0.717, 1.165) is 25.0 Å². The van der Waals surface area contributed by atoms with E-state index in [9.17, 15) is 22.4 Å². The molecule has 2 aromatic rings. The van der Waals surface area contributed by atoms with E-state index in [0.29, 0.717) is 18.5 Å². The molecule has 1 aromatic heterocycles. The minimum Gasteiger partial charge on any atom is -0.369 e. The monoisotopic (exact) mass is 498 g/mol. The summed E-state index contributed by atoms with van der Waals surface area (Å²) < 4.78 is 68.5. The van der Waals surface area contributed by atoms with Gasteiger partial charge in [-0.05, 0) is 43.5 Å². The Labute approximate surface area is 199 Å². The molecule has 2 atom stereocenters. The summed E-state index contributed by atoms with van der Waals surface area (Å²) in [6.07, 6.45) is -2.30. The molecule has 1 saturated heterocycles. The number of nitrogens with two attached hydrogens (primary N) is 1. The number of nitrogens with one attached hydrogen (secondary N) is 1. The van der Waals surface area contributed by atoms with Gasteiger partial charge in [-0.2, -0.15) is 17.6 Å². The fourth-order valence-electron chi connectivity index (χ4n) is 4.28. The molecule has 1 aromatic carbocycles. The first-order chi connectivity index (χ1) is 16.6. The van der Waals surface area contributed by atoms with Gasteiger partial charge in [0.2, 0.25) is 11.7 Å². The van der Waals surface area contributed by atoms with Crippen LogP contribution in [0, 0.1) is 11.7 Å². The first kappa shape index (κ1) is 25.1. The van der Waals surface area contributed by atoms with Crippen molar-refractivity contribution in [3.8, 4) is 0 Å². The van der Waals surface area contributed by atoms with Crippen LogP contribution in [0.4, 0.5) is 33.6 Å². The average molecular weight is 499 g/mol. The number of amides is 1. The van der Waals surface area contributed by atoms with Crippen LogP contribution < -0.4 is 16.0 Å². The third-order valence-corrected chi connectivity index (χ3v) is 6.34. The summed E-state index contributed by atoms with van der Waals surface area (Å²) >= 11 is 0. The zero-order chi connectivity index (χ0) is 25.2. The van der Waals surface area contributed by atoms with E-state index >= 15 is 4.39 Å². The maximum Gasteiger partial charge on any atom is 0.416 e. The lowest BCUT2D eigenvalue weighted by Gasteiger charge is -2.34. The molecular formula is C23H27F5N6O. The van der Waals surface area contributed by atoms with Crippen LogP contribution in [0.2, 0.25) is 0 Å². The zero-order valence-corrected chi connectivity index (χ0v) is 18.9. The molecule has 0 spiro atoms. The van der Waals surface area contributed by atoms with Gasteiger partial charge < -0.3 is 16.0 Å². The maximum atomic E-state index is 15.4. The second-order valence-electron chi connectivity index (χ2n) is 9.06. The molecule has 0 bridgehead atoms. The summed E-state index contributed by atoms with van der Waals surface area (Å²) in [5, 5.41) is 2.88. The van der Waals surface area contributed by atoms with Gasteiger partial charge in [-0.1, -0.05) is 12.1 Å². The Hall–Kier alpha value is -3.02. The first-order valence-corrected chi connectivity index (χ1v) is 11.4. The van der Waals surface area contributed by atoms with Crippen molar-refractivity contribution in [2.45, 2.75) is 44.2 Å². The number of carbonyl (C=O) groups excluding carboxylic acids is 1. The van der Waals surface area contributed by atoms with Crippen molar-refractivity contribution in [3.05, 3.63) is 47.5 Å². The fourth-order valence-corrected chi connectivity index (χ4v) is 4.28. The van der Waals surface area contributed by atoms with Gasteiger partial charge in [-0.15, -0.1) is 0 Å². The van der Waals surface area contributed by atoms with Gasteiger partial charge in [0.05, 0.1) is 12.1 Å². The standard InChI is InChI=1S/C23H27F5N6O/c24-18-11-33(12-19(29)35)8-7-15(18)9-30-21-20(25)22(32-13-31-21)34(17-5-6-17)10-14-1-3-16(4-2-14)23(26,27)28/h1-4,13,15,17-18H,5-12H2,(H2,29,35)(H,30,31,32)/t15-,18+/m0/s1. The van der Waals surface area contributed by atoms with E-state index in [1.165, 1.54) is 18.5 Å². The van der Waals surface area contributed by atoms with Gasteiger partial charge in [-0.3, -0.25) is 9.69 Å². The predicted molar refractivity (Wildman–Crippen MR) is 120 cm³/mol. The zero-order valence-electron chi connectivity index (χ0n) is 18.9. The normalized spacial score (nSPS) is 21.1. The highest BCUT2D eigenvalue weighted by Crippen LogP contribution is 2.35. The number of benzene rings is 1. The highest BCUT2D eigenvalue weighted by Gasteiger charge is 2.34. The lowest BCUT2D eigenvalue weighted by molar-refractivity contribution is -0.137. The molecule has 1 amide bonds. The molecule has 7 nitrogen and oxygen atoms in total. The van der Waals surface area contributed by atoms with Gasteiger partial charge in [0.15, 0.2) is 11.6 Å². The number of alkyl halides is 4. The van der Waals surface area contributed by atoms with Gasteiger partial charge in [0.1, 0.15) is 12.5 Å².